The summed E-state index contributed by atoms with van der Waals surface area (Å²) in [5, 5.41) is 23.1. The SMILES string of the molecule is O=C(NC[C@@H](O)C(=O)O)c1ccc(CN(C(=O)Nc2cccc(OC(F)(F)F)c2)c2ccc(C3=CCCCC3)cc2)cc1. The Bertz CT molecular complexity index is 1470. The molecule has 0 fully saturated rings. The summed E-state index contributed by atoms with van der Waals surface area (Å²) in [5.74, 6) is -2.53. The predicted molar refractivity (Wildman–Crippen MR) is 154 cm³/mol. The van der Waals surface area contributed by atoms with E-state index in [1.807, 2.05) is 12.1 Å². The van der Waals surface area contributed by atoms with E-state index >= 15 is 0 Å². The van der Waals surface area contributed by atoms with E-state index in [1.165, 1.54) is 34.7 Å². The van der Waals surface area contributed by atoms with Crippen molar-refractivity contribution in [2.24, 2.45) is 0 Å². The number of rotatable bonds is 10. The van der Waals surface area contributed by atoms with Gasteiger partial charge in [-0.25, -0.2) is 9.59 Å². The standard InChI is InChI=1S/C31H30F3N3O6/c32-31(33,34)43-26-8-4-7-24(17-26)36-30(42)37(25-15-13-22(14-16-25)21-5-2-1-3-6-21)19-20-9-11-23(12-10-20)28(39)35-18-27(38)29(40)41/h4-5,7-17,27,38H,1-3,6,18-19H2,(H,35,39)(H,36,42)(H,40,41)/t27-/m1/s1. The fourth-order valence-corrected chi connectivity index (χ4v) is 4.52. The van der Waals surface area contributed by atoms with E-state index in [-0.39, 0.29) is 17.8 Å². The molecule has 0 aliphatic heterocycles. The molecule has 226 valence electrons. The van der Waals surface area contributed by atoms with Crippen molar-refractivity contribution in [3.8, 4) is 5.75 Å². The van der Waals surface area contributed by atoms with Gasteiger partial charge in [-0.2, -0.15) is 0 Å². The van der Waals surface area contributed by atoms with E-state index in [2.05, 4.69) is 21.4 Å². The first kappa shape index (κ1) is 31.1. The van der Waals surface area contributed by atoms with E-state index in [9.17, 15) is 32.7 Å². The minimum absolute atomic E-state index is 0.0479. The van der Waals surface area contributed by atoms with Crippen molar-refractivity contribution in [1.82, 2.24) is 5.32 Å². The topological polar surface area (TPSA) is 128 Å². The van der Waals surface area contributed by atoms with E-state index in [0.717, 1.165) is 43.4 Å². The molecule has 1 aliphatic carbocycles. The zero-order chi connectivity index (χ0) is 31.0. The normalized spacial score (nSPS) is 13.8. The Kier molecular flexibility index (Phi) is 10.0. The number of carboxylic acid groups (broad SMARTS) is 1. The van der Waals surface area contributed by atoms with Gasteiger partial charge in [-0.05, 0) is 78.8 Å². The summed E-state index contributed by atoms with van der Waals surface area (Å²) in [6.45, 7) is -0.418. The fraction of sp³-hybridized carbons (Fsp3) is 0.258. The summed E-state index contributed by atoms with van der Waals surface area (Å²) in [4.78, 5) is 38.0. The minimum atomic E-state index is -4.89. The number of halogens is 3. The Balaban J connectivity index is 1.54. The lowest BCUT2D eigenvalue weighted by atomic mass is 9.93. The van der Waals surface area contributed by atoms with Gasteiger partial charge < -0.3 is 25.6 Å². The lowest BCUT2D eigenvalue weighted by Crippen LogP contribution is -2.36. The number of alkyl halides is 3. The fourth-order valence-electron chi connectivity index (χ4n) is 4.52. The Morgan fingerprint density at radius 3 is 2.33 bits per heavy atom. The highest BCUT2D eigenvalue weighted by Crippen LogP contribution is 2.30. The first-order valence-electron chi connectivity index (χ1n) is 13.5. The molecule has 3 amide bonds. The molecule has 0 spiro atoms. The molecular weight excluding hydrogens is 567 g/mol. The molecule has 43 heavy (non-hydrogen) atoms. The molecule has 3 aromatic rings. The quantitative estimate of drug-likeness (QED) is 0.229. The maximum Gasteiger partial charge on any atom is 0.573 e. The number of anilines is 2. The number of benzene rings is 3. The van der Waals surface area contributed by atoms with Crippen LogP contribution in [0.4, 0.5) is 29.3 Å². The number of carbonyl (C=O) groups excluding carboxylic acids is 2. The molecular formula is C31H30F3N3O6. The second-order valence-corrected chi connectivity index (χ2v) is 9.87. The van der Waals surface area contributed by atoms with Crippen molar-refractivity contribution < 1.29 is 42.5 Å². The summed E-state index contributed by atoms with van der Waals surface area (Å²) in [5.41, 5.74) is 3.75. The Labute approximate surface area is 245 Å². The van der Waals surface area contributed by atoms with Gasteiger partial charge in [0.25, 0.3) is 5.91 Å². The number of carbonyl (C=O) groups is 3. The van der Waals surface area contributed by atoms with Crippen LogP contribution in [0.2, 0.25) is 0 Å². The van der Waals surface area contributed by atoms with E-state index < -0.39 is 42.7 Å². The molecule has 0 bridgehead atoms. The summed E-state index contributed by atoms with van der Waals surface area (Å²) >= 11 is 0. The number of nitrogens with zero attached hydrogens (tertiary/aromatic N) is 1. The van der Waals surface area contributed by atoms with Gasteiger partial charge in [0.15, 0.2) is 6.10 Å². The lowest BCUT2D eigenvalue weighted by molar-refractivity contribution is -0.274. The molecule has 12 heteroatoms. The third kappa shape index (κ3) is 9.07. The van der Waals surface area contributed by atoms with Crippen molar-refractivity contribution >= 4 is 34.9 Å². The van der Waals surface area contributed by atoms with Gasteiger partial charge in [-0.15, -0.1) is 13.2 Å². The minimum Gasteiger partial charge on any atom is -0.479 e. The monoisotopic (exact) mass is 597 g/mol. The number of aliphatic hydroxyl groups excluding tert-OH is 1. The number of amides is 3. The summed E-state index contributed by atoms with van der Waals surface area (Å²) in [6.07, 6.45) is -0.186. The van der Waals surface area contributed by atoms with Gasteiger partial charge in [0.1, 0.15) is 5.75 Å². The summed E-state index contributed by atoms with van der Waals surface area (Å²) in [7, 11) is 0. The van der Waals surface area contributed by atoms with Crippen LogP contribution in [-0.4, -0.2) is 47.1 Å². The van der Waals surface area contributed by atoms with Crippen LogP contribution >= 0.6 is 0 Å². The van der Waals surface area contributed by atoms with Gasteiger partial charge in [-0.1, -0.05) is 36.4 Å². The average molecular weight is 598 g/mol. The summed E-state index contributed by atoms with van der Waals surface area (Å²) in [6, 6.07) is 18.0. The van der Waals surface area contributed by atoms with Crippen LogP contribution in [-0.2, 0) is 11.3 Å². The van der Waals surface area contributed by atoms with Crippen molar-refractivity contribution in [3.05, 3.63) is 95.6 Å². The molecule has 0 unspecified atom stereocenters. The van der Waals surface area contributed by atoms with Gasteiger partial charge in [0, 0.05) is 23.0 Å². The highest BCUT2D eigenvalue weighted by molar-refractivity contribution is 6.02. The number of hydrogen-bond donors (Lipinski definition) is 4. The van der Waals surface area contributed by atoms with Crippen LogP contribution in [0.5, 0.6) is 5.75 Å². The number of urea groups is 1. The van der Waals surface area contributed by atoms with Crippen LogP contribution in [0.25, 0.3) is 5.57 Å². The van der Waals surface area contributed by atoms with Gasteiger partial charge >= 0.3 is 18.4 Å². The molecule has 4 rings (SSSR count). The smallest absolute Gasteiger partial charge is 0.479 e. The molecule has 0 saturated heterocycles. The maximum atomic E-state index is 13.5. The molecule has 4 N–H and O–H groups in total. The zero-order valence-electron chi connectivity index (χ0n) is 22.9. The average Bonchev–Trinajstić information content (AvgIpc) is 2.98. The molecule has 0 aromatic heterocycles. The Morgan fingerprint density at radius 2 is 1.70 bits per heavy atom. The third-order valence-corrected chi connectivity index (χ3v) is 6.70. The van der Waals surface area contributed by atoms with Crippen LogP contribution in [0.1, 0.15) is 47.2 Å². The number of ether oxygens (including phenoxy) is 1. The molecule has 1 atom stereocenters. The van der Waals surface area contributed by atoms with Gasteiger partial charge in [0.2, 0.25) is 0 Å². The highest BCUT2D eigenvalue weighted by Gasteiger charge is 2.31. The van der Waals surface area contributed by atoms with Crippen molar-refractivity contribution in [2.75, 3.05) is 16.8 Å². The third-order valence-electron chi connectivity index (χ3n) is 6.70. The van der Waals surface area contributed by atoms with Crippen molar-refractivity contribution in [1.29, 1.82) is 0 Å². The van der Waals surface area contributed by atoms with Crippen LogP contribution in [0.3, 0.4) is 0 Å². The first-order chi connectivity index (χ1) is 20.5. The second kappa shape index (κ2) is 13.9. The van der Waals surface area contributed by atoms with E-state index in [1.54, 1.807) is 24.3 Å². The zero-order valence-corrected chi connectivity index (χ0v) is 22.9. The van der Waals surface area contributed by atoms with E-state index in [0.29, 0.717) is 11.3 Å². The molecule has 3 aromatic carbocycles. The molecule has 0 heterocycles. The molecule has 1 aliphatic rings. The van der Waals surface area contributed by atoms with Crippen LogP contribution in [0, 0.1) is 0 Å². The van der Waals surface area contributed by atoms with Crippen molar-refractivity contribution in [2.45, 2.75) is 44.7 Å². The van der Waals surface area contributed by atoms with Gasteiger partial charge in [0.05, 0.1) is 13.1 Å². The Hall–Kier alpha value is -4.84. The number of nitrogens with one attached hydrogen (secondary N) is 2. The summed E-state index contributed by atoms with van der Waals surface area (Å²) < 4.78 is 42.1. The van der Waals surface area contributed by atoms with Crippen LogP contribution in [0.15, 0.2) is 78.9 Å². The molecule has 0 radical (unpaired) electrons. The molecule has 9 nitrogen and oxygen atoms in total. The van der Waals surface area contributed by atoms with E-state index in [4.69, 9.17) is 5.11 Å². The number of aliphatic carboxylic acids is 1. The lowest BCUT2D eigenvalue weighted by Gasteiger charge is -2.24. The maximum absolute atomic E-state index is 13.5. The number of carboxylic acids is 1. The van der Waals surface area contributed by atoms with Crippen molar-refractivity contribution in [3.63, 3.8) is 0 Å². The Morgan fingerprint density at radius 1 is 0.977 bits per heavy atom. The first-order valence-corrected chi connectivity index (χ1v) is 13.5. The van der Waals surface area contributed by atoms with Gasteiger partial charge in [-0.3, -0.25) is 9.69 Å². The number of hydrogen-bond acceptors (Lipinski definition) is 5. The highest BCUT2D eigenvalue weighted by atomic mass is 19.4. The number of aliphatic hydroxyl groups is 1. The van der Waals surface area contributed by atoms with Crippen LogP contribution < -0.4 is 20.3 Å². The molecule has 0 saturated carbocycles. The largest absolute Gasteiger partial charge is 0.573 e. The second-order valence-electron chi connectivity index (χ2n) is 9.87. The predicted octanol–water partition coefficient (Wildman–Crippen LogP) is 5.96. The number of allylic oxidation sites excluding steroid dienone is 2.